The van der Waals surface area contributed by atoms with Crippen molar-refractivity contribution in [1.82, 2.24) is 14.1 Å². The summed E-state index contributed by atoms with van der Waals surface area (Å²) in [7, 11) is 0. The molecule has 57 heavy (non-hydrogen) atoms. The lowest BCUT2D eigenvalue weighted by molar-refractivity contribution is 0.666. The highest BCUT2D eigenvalue weighted by Crippen LogP contribution is 2.47. The first-order valence-corrected chi connectivity index (χ1v) is 19.4. The predicted molar refractivity (Wildman–Crippen MR) is 237 cm³/mol. The number of hydrogen-bond donors (Lipinski definition) is 0. The molecule has 0 fully saturated rings. The van der Waals surface area contributed by atoms with Gasteiger partial charge in [-0.25, -0.2) is 4.98 Å². The smallest absolute Gasteiger partial charge is 0.162 e. The van der Waals surface area contributed by atoms with E-state index in [0.717, 1.165) is 89.0 Å². The first-order chi connectivity index (χ1) is 28.3. The molecule has 4 heteroatoms. The molecule has 4 aromatic heterocycles. The number of nitrogens with zero attached hydrogens (tertiary/aromatic N) is 3. The van der Waals surface area contributed by atoms with Gasteiger partial charge in [0, 0.05) is 38.1 Å². The first kappa shape index (κ1) is 31.6. The van der Waals surface area contributed by atoms with Crippen molar-refractivity contribution in [2.75, 3.05) is 0 Å². The summed E-state index contributed by atoms with van der Waals surface area (Å²) in [4.78, 5) is 5.57. The summed E-state index contributed by atoms with van der Waals surface area (Å²) in [6.07, 6.45) is 0. The Morgan fingerprint density at radius 3 is 1.40 bits per heavy atom. The van der Waals surface area contributed by atoms with Crippen LogP contribution in [0.1, 0.15) is 0 Å². The molecular weight excluding hydrogens is 695 g/mol. The quantitative estimate of drug-likeness (QED) is 0.177. The van der Waals surface area contributed by atoms with Crippen LogP contribution in [0.25, 0.3) is 111 Å². The van der Waals surface area contributed by atoms with E-state index >= 15 is 0 Å². The van der Waals surface area contributed by atoms with Crippen molar-refractivity contribution in [3.05, 3.63) is 200 Å². The van der Waals surface area contributed by atoms with Gasteiger partial charge in [-0.15, -0.1) is 0 Å². The van der Waals surface area contributed by atoms with E-state index in [2.05, 4.69) is 209 Å². The average molecular weight is 728 g/mol. The van der Waals surface area contributed by atoms with E-state index in [-0.39, 0.29) is 0 Å². The summed E-state index contributed by atoms with van der Waals surface area (Å²) in [6, 6.07) is 71.2. The average Bonchev–Trinajstić information content (AvgIpc) is 3.95. The van der Waals surface area contributed by atoms with Gasteiger partial charge in [-0.1, -0.05) is 152 Å². The summed E-state index contributed by atoms with van der Waals surface area (Å²) >= 11 is 0. The van der Waals surface area contributed by atoms with Crippen LogP contribution in [0, 0.1) is 0 Å². The lowest BCUT2D eigenvalue weighted by Crippen LogP contribution is -2.03. The van der Waals surface area contributed by atoms with Crippen molar-refractivity contribution in [1.29, 1.82) is 0 Å². The summed E-state index contributed by atoms with van der Waals surface area (Å²) in [5.41, 5.74) is 14.1. The van der Waals surface area contributed by atoms with Crippen molar-refractivity contribution < 1.29 is 4.42 Å². The molecule has 0 unspecified atom stereocenters. The molecular formula is C53H33N3O. The van der Waals surface area contributed by atoms with Crippen molar-refractivity contribution in [3.63, 3.8) is 0 Å². The lowest BCUT2D eigenvalue weighted by Gasteiger charge is -2.19. The Balaban J connectivity index is 1.31. The molecule has 12 rings (SSSR count). The first-order valence-electron chi connectivity index (χ1n) is 19.4. The normalized spacial score (nSPS) is 11.9. The molecule has 0 atom stereocenters. The van der Waals surface area contributed by atoms with Gasteiger partial charge >= 0.3 is 0 Å². The van der Waals surface area contributed by atoms with Gasteiger partial charge in [0.25, 0.3) is 0 Å². The highest BCUT2D eigenvalue weighted by Gasteiger charge is 2.27. The molecule has 0 amide bonds. The summed E-state index contributed by atoms with van der Waals surface area (Å²) in [5.74, 6) is 0. The zero-order chi connectivity index (χ0) is 37.5. The van der Waals surface area contributed by atoms with Crippen molar-refractivity contribution >= 4 is 65.6 Å². The maximum absolute atomic E-state index is 7.20. The number of pyridine rings is 1. The van der Waals surface area contributed by atoms with Crippen LogP contribution in [0.4, 0.5) is 0 Å². The van der Waals surface area contributed by atoms with Crippen LogP contribution in [0.5, 0.6) is 0 Å². The predicted octanol–water partition coefficient (Wildman–Crippen LogP) is 14.2. The van der Waals surface area contributed by atoms with Gasteiger partial charge in [0.15, 0.2) is 5.58 Å². The Bertz CT molecular complexity index is 3350. The van der Waals surface area contributed by atoms with Crippen LogP contribution < -0.4 is 0 Å². The molecule has 0 aliphatic heterocycles. The van der Waals surface area contributed by atoms with Crippen LogP contribution in [0.3, 0.4) is 0 Å². The highest BCUT2D eigenvalue weighted by molar-refractivity contribution is 6.19. The van der Waals surface area contributed by atoms with E-state index in [1.165, 1.54) is 21.5 Å². The Kier molecular flexibility index (Phi) is 6.89. The lowest BCUT2D eigenvalue weighted by atomic mass is 9.97. The maximum atomic E-state index is 7.20. The number of benzene rings is 8. The molecule has 0 aliphatic rings. The fraction of sp³-hybridized carbons (Fsp3) is 0. The molecule has 0 bridgehead atoms. The molecule has 0 spiro atoms. The number of aromatic nitrogens is 3. The zero-order valence-electron chi connectivity index (χ0n) is 30.8. The molecule has 8 aromatic carbocycles. The zero-order valence-corrected chi connectivity index (χ0v) is 30.8. The maximum Gasteiger partial charge on any atom is 0.162 e. The third-order valence-corrected chi connectivity index (χ3v) is 11.5. The third-order valence-electron chi connectivity index (χ3n) is 11.5. The second kappa shape index (κ2) is 12.4. The minimum atomic E-state index is 0.810. The van der Waals surface area contributed by atoms with Crippen LogP contribution in [0.15, 0.2) is 205 Å². The highest BCUT2D eigenvalue weighted by atomic mass is 16.3. The number of hydrogen-bond acceptors (Lipinski definition) is 2. The summed E-state index contributed by atoms with van der Waals surface area (Å²) in [6.45, 7) is 0. The Morgan fingerprint density at radius 2 is 0.825 bits per heavy atom. The van der Waals surface area contributed by atoms with Crippen LogP contribution in [-0.2, 0) is 0 Å². The van der Waals surface area contributed by atoms with E-state index in [9.17, 15) is 0 Å². The summed E-state index contributed by atoms with van der Waals surface area (Å²) in [5, 5.41) is 6.90. The molecule has 266 valence electrons. The van der Waals surface area contributed by atoms with Crippen molar-refractivity contribution in [3.8, 4) is 45.0 Å². The second-order valence-electron chi connectivity index (χ2n) is 14.7. The van der Waals surface area contributed by atoms with Gasteiger partial charge in [-0.2, -0.15) is 0 Å². The van der Waals surface area contributed by atoms with E-state index in [1.807, 2.05) is 0 Å². The largest absolute Gasteiger partial charge is 0.454 e. The topological polar surface area (TPSA) is 35.9 Å². The molecule has 0 saturated heterocycles. The van der Waals surface area contributed by atoms with E-state index < -0.39 is 0 Å². The number of fused-ring (bicyclic) bond motifs is 9. The third kappa shape index (κ3) is 4.77. The Labute approximate surface area is 328 Å². The molecule has 0 saturated carbocycles. The second-order valence-corrected chi connectivity index (χ2v) is 14.7. The number of rotatable bonds is 5. The van der Waals surface area contributed by atoms with Gasteiger partial charge in [-0.05, 0) is 59.7 Å². The Hall–Kier alpha value is -7.69. The fourth-order valence-electron chi connectivity index (χ4n) is 9.03. The molecule has 12 aromatic rings. The molecule has 4 heterocycles. The van der Waals surface area contributed by atoms with Gasteiger partial charge in [0.05, 0.1) is 50.2 Å². The van der Waals surface area contributed by atoms with Gasteiger partial charge in [-0.3, -0.25) is 0 Å². The standard InChI is InChI=1S/C53H33N3O/c1-3-17-34(18-4-1)36-31-43(35-19-5-2-6-20-35)54-44(32-36)42-33-49(55-45-26-12-7-21-37(45)38-22-8-13-27-46(38)55)51-41-25-11-16-30-50(41)57-53(51)52(42)56-47-28-14-9-23-39(47)40-24-10-15-29-48(40)56/h1-33H. The minimum Gasteiger partial charge on any atom is -0.454 e. The van der Waals surface area contributed by atoms with E-state index in [1.54, 1.807) is 0 Å². The molecule has 0 radical (unpaired) electrons. The van der Waals surface area contributed by atoms with E-state index in [4.69, 9.17) is 9.40 Å². The number of para-hydroxylation sites is 5. The van der Waals surface area contributed by atoms with Crippen LogP contribution in [-0.4, -0.2) is 14.1 Å². The number of furan rings is 1. The van der Waals surface area contributed by atoms with Gasteiger partial charge < -0.3 is 13.6 Å². The Morgan fingerprint density at radius 1 is 0.368 bits per heavy atom. The molecule has 0 aliphatic carbocycles. The summed E-state index contributed by atoms with van der Waals surface area (Å²) < 4.78 is 12.0. The van der Waals surface area contributed by atoms with E-state index in [0.29, 0.717) is 0 Å². The fourth-order valence-corrected chi connectivity index (χ4v) is 9.03. The monoisotopic (exact) mass is 727 g/mol. The van der Waals surface area contributed by atoms with Gasteiger partial charge in [0.1, 0.15) is 5.58 Å². The van der Waals surface area contributed by atoms with Gasteiger partial charge in [0.2, 0.25) is 0 Å². The van der Waals surface area contributed by atoms with Crippen LogP contribution in [0.2, 0.25) is 0 Å². The molecule has 4 nitrogen and oxygen atoms in total. The van der Waals surface area contributed by atoms with Crippen molar-refractivity contribution in [2.24, 2.45) is 0 Å². The van der Waals surface area contributed by atoms with Crippen molar-refractivity contribution in [2.45, 2.75) is 0 Å². The molecule has 0 N–H and O–H groups in total. The van der Waals surface area contributed by atoms with Crippen LogP contribution >= 0.6 is 0 Å². The minimum absolute atomic E-state index is 0.810. The SMILES string of the molecule is c1ccc(-c2cc(-c3ccccc3)nc(-c3cc(-n4c5ccccc5c5ccccc54)c4c(oc5ccccc54)c3-n3c4ccccc4c4ccccc43)c2)cc1.